The summed E-state index contributed by atoms with van der Waals surface area (Å²) in [5.74, 6) is 3.37. The second kappa shape index (κ2) is 13.6. The van der Waals surface area contributed by atoms with Gasteiger partial charge in [0.25, 0.3) is 0 Å². The van der Waals surface area contributed by atoms with Crippen molar-refractivity contribution in [2.24, 2.45) is 22.7 Å². The van der Waals surface area contributed by atoms with Gasteiger partial charge >= 0.3 is 0 Å². The Morgan fingerprint density at radius 2 is 1.79 bits per heavy atom. The summed E-state index contributed by atoms with van der Waals surface area (Å²) in [6, 6.07) is 0. The molecule has 0 radical (unpaired) electrons. The Morgan fingerprint density at radius 3 is 2.36 bits per heavy atom. The van der Waals surface area contributed by atoms with Crippen LogP contribution in [0.4, 0.5) is 0 Å². The van der Waals surface area contributed by atoms with Crippen LogP contribution in [0.15, 0.2) is 4.99 Å². The number of amides is 1. The minimum atomic E-state index is 0. The van der Waals surface area contributed by atoms with Gasteiger partial charge in [0.1, 0.15) is 0 Å². The molecular formula is C21H42IN5O. The zero-order valence-electron chi connectivity index (χ0n) is 18.4. The van der Waals surface area contributed by atoms with Gasteiger partial charge < -0.3 is 20.4 Å². The zero-order valence-corrected chi connectivity index (χ0v) is 20.7. The average molecular weight is 508 g/mol. The molecule has 7 heteroatoms. The van der Waals surface area contributed by atoms with Gasteiger partial charge in [-0.2, -0.15) is 0 Å². The second-order valence-corrected chi connectivity index (χ2v) is 8.60. The number of guanidine groups is 1. The third-order valence-electron chi connectivity index (χ3n) is 5.84. The summed E-state index contributed by atoms with van der Waals surface area (Å²) >= 11 is 0. The SMILES string of the molecule is CCNC(=NCCCN1CC(C)CC(C)C1)N1CCC(CC(=O)NC)CC1.I. The molecule has 0 saturated carbocycles. The van der Waals surface area contributed by atoms with Gasteiger partial charge in [-0.05, 0) is 56.9 Å². The molecule has 2 N–H and O–H groups in total. The fourth-order valence-corrected chi connectivity index (χ4v) is 4.59. The largest absolute Gasteiger partial charge is 0.359 e. The van der Waals surface area contributed by atoms with Gasteiger partial charge in [0.2, 0.25) is 5.91 Å². The van der Waals surface area contributed by atoms with Gasteiger partial charge in [-0.25, -0.2) is 0 Å². The fourth-order valence-electron chi connectivity index (χ4n) is 4.59. The standard InChI is InChI=1S/C21H41N5O.HI/c1-5-23-21(26-11-7-19(8-12-26)14-20(27)22-4)24-9-6-10-25-15-17(2)13-18(3)16-25;/h17-19H,5-16H2,1-4H3,(H,22,27)(H,23,24);1H. The molecule has 0 aromatic rings. The van der Waals surface area contributed by atoms with Crippen molar-refractivity contribution in [1.82, 2.24) is 20.4 Å². The molecule has 0 bridgehead atoms. The van der Waals surface area contributed by atoms with Crippen LogP contribution in [0.25, 0.3) is 0 Å². The third kappa shape index (κ3) is 8.84. The molecule has 28 heavy (non-hydrogen) atoms. The number of aliphatic imine (C=N–C) groups is 1. The summed E-state index contributed by atoms with van der Waals surface area (Å²) in [6.07, 6.45) is 5.30. The van der Waals surface area contributed by atoms with Crippen molar-refractivity contribution in [3.05, 3.63) is 0 Å². The summed E-state index contributed by atoms with van der Waals surface area (Å²) in [5, 5.41) is 6.20. The number of hydrogen-bond acceptors (Lipinski definition) is 3. The fraction of sp³-hybridized carbons (Fsp3) is 0.905. The van der Waals surface area contributed by atoms with Crippen LogP contribution in [0.3, 0.4) is 0 Å². The number of halogens is 1. The Balaban J connectivity index is 0.00000392. The third-order valence-corrected chi connectivity index (χ3v) is 5.84. The highest BCUT2D eigenvalue weighted by molar-refractivity contribution is 14.0. The second-order valence-electron chi connectivity index (χ2n) is 8.60. The van der Waals surface area contributed by atoms with Gasteiger partial charge in [0.05, 0.1) is 0 Å². The number of likely N-dealkylation sites (tertiary alicyclic amines) is 2. The van der Waals surface area contributed by atoms with E-state index < -0.39 is 0 Å². The smallest absolute Gasteiger partial charge is 0.220 e. The topological polar surface area (TPSA) is 60.0 Å². The van der Waals surface area contributed by atoms with Crippen LogP contribution < -0.4 is 10.6 Å². The van der Waals surface area contributed by atoms with Crippen LogP contribution in [0, 0.1) is 17.8 Å². The summed E-state index contributed by atoms with van der Waals surface area (Å²) in [7, 11) is 1.72. The van der Waals surface area contributed by atoms with Crippen molar-refractivity contribution < 1.29 is 4.79 Å². The highest BCUT2D eigenvalue weighted by Crippen LogP contribution is 2.21. The molecule has 2 aliphatic rings. The van der Waals surface area contributed by atoms with E-state index >= 15 is 0 Å². The van der Waals surface area contributed by atoms with E-state index in [1.165, 1.54) is 19.5 Å². The monoisotopic (exact) mass is 507 g/mol. The Morgan fingerprint density at radius 1 is 1.14 bits per heavy atom. The minimum absolute atomic E-state index is 0. The number of carbonyl (C=O) groups excluding carboxylic acids is 1. The molecule has 0 aromatic carbocycles. The molecule has 2 heterocycles. The predicted octanol–water partition coefficient (Wildman–Crippen LogP) is 2.79. The lowest BCUT2D eigenvalue weighted by molar-refractivity contribution is -0.121. The quantitative estimate of drug-likeness (QED) is 0.241. The minimum Gasteiger partial charge on any atom is -0.359 e. The van der Waals surface area contributed by atoms with E-state index in [2.05, 4.69) is 41.2 Å². The average Bonchev–Trinajstić information content (AvgIpc) is 2.64. The summed E-state index contributed by atoms with van der Waals surface area (Å²) in [6.45, 7) is 14.3. The van der Waals surface area contributed by atoms with Crippen LogP contribution >= 0.6 is 24.0 Å². The van der Waals surface area contributed by atoms with E-state index in [0.717, 1.165) is 69.8 Å². The van der Waals surface area contributed by atoms with Gasteiger partial charge in [-0.1, -0.05) is 13.8 Å². The van der Waals surface area contributed by atoms with Crippen molar-refractivity contribution in [2.45, 2.75) is 52.9 Å². The Kier molecular flexibility index (Phi) is 12.4. The molecule has 0 spiro atoms. The Bertz CT molecular complexity index is 469. The summed E-state index contributed by atoms with van der Waals surface area (Å²) in [5.41, 5.74) is 0. The molecule has 2 unspecified atom stereocenters. The molecule has 2 aliphatic heterocycles. The molecule has 0 aromatic heterocycles. The van der Waals surface area contributed by atoms with Gasteiger partial charge in [-0.15, -0.1) is 24.0 Å². The lowest BCUT2D eigenvalue weighted by atomic mass is 9.92. The maximum atomic E-state index is 11.6. The first kappa shape index (κ1) is 25.5. The number of nitrogens with zero attached hydrogens (tertiary/aromatic N) is 3. The van der Waals surface area contributed by atoms with Crippen molar-refractivity contribution in [2.75, 3.05) is 52.9 Å². The molecule has 6 nitrogen and oxygen atoms in total. The van der Waals surface area contributed by atoms with Gasteiger partial charge in [-0.3, -0.25) is 9.79 Å². The molecule has 2 saturated heterocycles. The van der Waals surface area contributed by atoms with E-state index in [1.807, 2.05) is 0 Å². The van der Waals surface area contributed by atoms with E-state index in [4.69, 9.17) is 4.99 Å². The van der Waals surface area contributed by atoms with Gasteiger partial charge in [0.15, 0.2) is 5.96 Å². The molecule has 2 rings (SSSR count). The van der Waals surface area contributed by atoms with Crippen LogP contribution in [0.1, 0.15) is 52.9 Å². The first-order chi connectivity index (χ1) is 13.0. The van der Waals surface area contributed by atoms with Crippen LogP contribution in [-0.2, 0) is 4.79 Å². The van der Waals surface area contributed by atoms with Crippen LogP contribution in [-0.4, -0.2) is 74.5 Å². The Hall–Kier alpha value is -0.570. The molecule has 2 fully saturated rings. The maximum Gasteiger partial charge on any atom is 0.220 e. The maximum absolute atomic E-state index is 11.6. The van der Waals surface area contributed by atoms with Crippen molar-refractivity contribution in [3.8, 4) is 0 Å². The lowest BCUT2D eigenvalue weighted by Crippen LogP contribution is -2.46. The van der Waals surface area contributed by atoms with E-state index in [0.29, 0.717) is 12.3 Å². The molecule has 164 valence electrons. The predicted molar refractivity (Wildman–Crippen MR) is 128 cm³/mol. The number of carbonyl (C=O) groups is 1. The van der Waals surface area contributed by atoms with Crippen molar-refractivity contribution >= 4 is 35.8 Å². The summed E-state index contributed by atoms with van der Waals surface area (Å²) in [4.78, 5) is 21.5. The zero-order chi connectivity index (χ0) is 19.6. The van der Waals surface area contributed by atoms with Crippen molar-refractivity contribution in [3.63, 3.8) is 0 Å². The van der Waals surface area contributed by atoms with E-state index in [-0.39, 0.29) is 29.9 Å². The Labute approximate surface area is 189 Å². The van der Waals surface area contributed by atoms with E-state index in [1.54, 1.807) is 7.05 Å². The lowest BCUT2D eigenvalue weighted by Gasteiger charge is -2.35. The normalized spacial score (nSPS) is 24.6. The first-order valence-corrected chi connectivity index (χ1v) is 11.0. The summed E-state index contributed by atoms with van der Waals surface area (Å²) < 4.78 is 0. The molecule has 2 atom stereocenters. The molecular weight excluding hydrogens is 465 g/mol. The number of nitrogens with one attached hydrogen (secondary N) is 2. The van der Waals surface area contributed by atoms with Crippen LogP contribution in [0.2, 0.25) is 0 Å². The highest BCUT2D eigenvalue weighted by atomic mass is 127. The number of piperidine rings is 2. The first-order valence-electron chi connectivity index (χ1n) is 11.0. The van der Waals surface area contributed by atoms with Gasteiger partial charge in [0, 0.05) is 52.7 Å². The number of hydrogen-bond donors (Lipinski definition) is 2. The number of rotatable bonds is 7. The van der Waals surface area contributed by atoms with Crippen LogP contribution in [0.5, 0.6) is 0 Å². The molecule has 1 amide bonds. The van der Waals surface area contributed by atoms with Crippen molar-refractivity contribution in [1.29, 1.82) is 0 Å². The van der Waals surface area contributed by atoms with E-state index in [9.17, 15) is 4.79 Å². The molecule has 0 aliphatic carbocycles. The highest BCUT2D eigenvalue weighted by Gasteiger charge is 2.23.